The fourth-order valence-corrected chi connectivity index (χ4v) is 3.82. The molecule has 30 heavy (non-hydrogen) atoms. The van der Waals surface area contributed by atoms with E-state index in [0.29, 0.717) is 28.4 Å². The number of anilines is 2. The first-order valence-electron chi connectivity index (χ1n) is 9.08. The molecule has 0 aliphatic rings. The highest BCUT2D eigenvalue weighted by molar-refractivity contribution is 7.91. The van der Waals surface area contributed by atoms with E-state index in [-0.39, 0.29) is 16.7 Å². The number of benzene rings is 3. The minimum absolute atomic E-state index is 0.244. The van der Waals surface area contributed by atoms with E-state index in [2.05, 4.69) is 10.6 Å². The molecule has 0 aliphatic carbocycles. The van der Waals surface area contributed by atoms with Crippen LogP contribution >= 0.6 is 0 Å². The van der Waals surface area contributed by atoms with Crippen LogP contribution in [0.25, 0.3) is 0 Å². The Kier molecular flexibility index (Phi) is 6.58. The third kappa shape index (κ3) is 5.09. The zero-order valence-electron chi connectivity index (χ0n) is 16.6. The summed E-state index contributed by atoms with van der Waals surface area (Å²) < 4.78 is 35.1. The van der Waals surface area contributed by atoms with E-state index in [0.717, 1.165) is 0 Å². The van der Waals surface area contributed by atoms with Crippen molar-refractivity contribution in [2.75, 3.05) is 30.7 Å². The highest BCUT2D eigenvalue weighted by Gasteiger charge is 2.14. The maximum atomic E-state index is 12.5. The molecule has 1 amide bonds. The second-order valence-corrected chi connectivity index (χ2v) is 8.34. The van der Waals surface area contributed by atoms with E-state index < -0.39 is 9.84 Å². The lowest BCUT2D eigenvalue weighted by molar-refractivity contribution is 0.102. The number of nitrogens with one attached hydrogen (secondary N) is 2. The summed E-state index contributed by atoms with van der Waals surface area (Å²) >= 11 is 0. The standard InChI is InChI=1S/C22H22N2O5S/c1-28-18-12-13-20(21(14-18)29-2)24-22(25)16-8-10-17(11-9-16)23-15-30(26,27)19-6-4-3-5-7-19/h3-14,23H,15H2,1-2H3,(H,24,25). The lowest BCUT2D eigenvalue weighted by Crippen LogP contribution is -2.15. The van der Waals surface area contributed by atoms with Crippen molar-refractivity contribution in [2.24, 2.45) is 0 Å². The Bertz CT molecular complexity index is 1110. The first-order valence-corrected chi connectivity index (χ1v) is 10.7. The predicted octanol–water partition coefficient (Wildman–Crippen LogP) is 3.80. The van der Waals surface area contributed by atoms with Crippen molar-refractivity contribution in [1.29, 1.82) is 0 Å². The Hall–Kier alpha value is -3.52. The molecule has 0 saturated heterocycles. The Balaban J connectivity index is 1.65. The lowest BCUT2D eigenvalue weighted by atomic mass is 10.2. The van der Waals surface area contributed by atoms with Crippen LogP contribution < -0.4 is 20.1 Å². The third-order valence-electron chi connectivity index (χ3n) is 4.37. The number of carbonyl (C=O) groups excluding carboxylic acids is 1. The Morgan fingerprint density at radius 2 is 1.60 bits per heavy atom. The van der Waals surface area contributed by atoms with E-state index in [1.54, 1.807) is 79.9 Å². The molecule has 0 radical (unpaired) electrons. The predicted molar refractivity (Wildman–Crippen MR) is 116 cm³/mol. The van der Waals surface area contributed by atoms with Crippen molar-refractivity contribution in [1.82, 2.24) is 0 Å². The molecule has 8 heteroatoms. The summed E-state index contributed by atoms with van der Waals surface area (Å²) in [7, 11) is -0.396. The van der Waals surface area contributed by atoms with Gasteiger partial charge in [0.1, 0.15) is 17.4 Å². The van der Waals surface area contributed by atoms with Crippen molar-refractivity contribution in [3.8, 4) is 11.5 Å². The van der Waals surface area contributed by atoms with Gasteiger partial charge in [0.05, 0.1) is 24.8 Å². The Morgan fingerprint density at radius 1 is 0.900 bits per heavy atom. The number of carbonyl (C=O) groups is 1. The van der Waals surface area contributed by atoms with Crippen molar-refractivity contribution in [2.45, 2.75) is 4.90 Å². The number of hydrogen-bond donors (Lipinski definition) is 2. The number of amides is 1. The van der Waals surface area contributed by atoms with Gasteiger partial charge in [-0.2, -0.15) is 0 Å². The lowest BCUT2D eigenvalue weighted by Gasteiger charge is -2.12. The van der Waals surface area contributed by atoms with Crippen LogP contribution in [-0.4, -0.2) is 34.4 Å². The topological polar surface area (TPSA) is 93.7 Å². The van der Waals surface area contributed by atoms with Crippen LogP contribution in [0.5, 0.6) is 11.5 Å². The molecule has 156 valence electrons. The van der Waals surface area contributed by atoms with Crippen molar-refractivity contribution in [3.05, 3.63) is 78.4 Å². The molecule has 0 atom stereocenters. The molecular weight excluding hydrogens is 404 g/mol. The molecule has 0 heterocycles. The molecule has 0 spiro atoms. The van der Waals surface area contributed by atoms with E-state index in [1.165, 1.54) is 7.11 Å². The van der Waals surface area contributed by atoms with Crippen LogP contribution in [0, 0.1) is 0 Å². The van der Waals surface area contributed by atoms with Crippen LogP contribution in [0.15, 0.2) is 77.7 Å². The van der Waals surface area contributed by atoms with Crippen LogP contribution in [0.4, 0.5) is 11.4 Å². The normalized spacial score (nSPS) is 10.9. The minimum Gasteiger partial charge on any atom is -0.497 e. The number of sulfone groups is 1. The first-order chi connectivity index (χ1) is 14.4. The molecule has 3 rings (SSSR count). The number of rotatable bonds is 8. The molecule has 0 fully saturated rings. The van der Waals surface area contributed by atoms with Gasteiger partial charge in [0.2, 0.25) is 0 Å². The van der Waals surface area contributed by atoms with Gasteiger partial charge in [-0.3, -0.25) is 4.79 Å². The summed E-state index contributed by atoms with van der Waals surface area (Å²) in [6.45, 7) is 0. The highest BCUT2D eigenvalue weighted by atomic mass is 32.2. The van der Waals surface area contributed by atoms with Crippen LogP contribution in [0.1, 0.15) is 10.4 Å². The summed E-state index contributed by atoms with van der Waals surface area (Å²) in [5.41, 5.74) is 1.52. The molecule has 0 aliphatic heterocycles. The summed E-state index contributed by atoms with van der Waals surface area (Å²) in [6, 6.07) is 19.9. The maximum Gasteiger partial charge on any atom is 0.255 e. The summed E-state index contributed by atoms with van der Waals surface area (Å²) in [4.78, 5) is 12.8. The zero-order valence-corrected chi connectivity index (χ0v) is 17.4. The van der Waals surface area contributed by atoms with E-state index in [1.807, 2.05) is 0 Å². The van der Waals surface area contributed by atoms with Crippen molar-refractivity contribution < 1.29 is 22.7 Å². The molecule has 3 aromatic carbocycles. The van der Waals surface area contributed by atoms with Gasteiger partial charge in [-0.25, -0.2) is 8.42 Å². The van der Waals surface area contributed by atoms with Gasteiger partial charge >= 0.3 is 0 Å². The van der Waals surface area contributed by atoms with Gasteiger partial charge < -0.3 is 20.1 Å². The highest BCUT2D eigenvalue weighted by Crippen LogP contribution is 2.29. The monoisotopic (exact) mass is 426 g/mol. The summed E-state index contributed by atoms with van der Waals surface area (Å²) in [5, 5.41) is 5.67. The van der Waals surface area contributed by atoms with Crippen LogP contribution in [0.2, 0.25) is 0 Å². The Labute approximate surface area is 175 Å². The second kappa shape index (κ2) is 9.32. The average Bonchev–Trinajstić information content (AvgIpc) is 2.79. The summed E-state index contributed by atoms with van der Waals surface area (Å²) in [6.07, 6.45) is 0. The quantitative estimate of drug-likeness (QED) is 0.569. The SMILES string of the molecule is COc1ccc(NC(=O)c2ccc(NCS(=O)(=O)c3ccccc3)cc2)c(OC)c1. The van der Waals surface area contributed by atoms with Crippen LogP contribution in [0.3, 0.4) is 0 Å². The zero-order chi connectivity index (χ0) is 21.6. The molecule has 2 N–H and O–H groups in total. The molecule has 0 saturated carbocycles. The smallest absolute Gasteiger partial charge is 0.255 e. The fourth-order valence-electron chi connectivity index (χ4n) is 2.73. The van der Waals surface area contributed by atoms with Gasteiger partial charge in [0.15, 0.2) is 9.84 Å². The molecule has 0 aromatic heterocycles. The van der Waals surface area contributed by atoms with Gasteiger partial charge in [-0.1, -0.05) is 18.2 Å². The Morgan fingerprint density at radius 3 is 2.23 bits per heavy atom. The van der Waals surface area contributed by atoms with E-state index in [4.69, 9.17) is 9.47 Å². The molecule has 0 unspecified atom stereocenters. The molecule has 7 nitrogen and oxygen atoms in total. The fraction of sp³-hybridized carbons (Fsp3) is 0.136. The number of ether oxygens (including phenoxy) is 2. The molecule has 3 aromatic rings. The molecular formula is C22H22N2O5S. The summed E-state index contributed by atoms with van der Waals surface area (Å²) in [5.74, 6) is 0.533. The number of methoxy groups -OCH3 is 2. The average molecular weight is 426 g/mol. The van der Waals surface area contributed by atoms with Gasteiger partial charge in [-0.05, 0) is 48.5 Å². The van der Waals surface area contributed by atoms with Crippen molar-refractivity contribution >= 4 is 27.1 Å². The van der Waals surface area contributed by atoms with E-state index >= 15 is 0 Å². The third-order valence-corrected chi connectivity index (χ3v) is 5.89. The first kappa shape index (κ1) is 21.2. The second-order valence-electron chi connectivity index (χ2n) is 6.35. The van der Waals surface area contributed by atoms with Crippen LogP contribution in [-0.2, 0) is 9.84 Å². The van der Waals surface area contributed by atoms with Gasteiger partial charge in [-0.15, -0.1) is 0 Å². The minimum atomic E-state index is -3.45. The molecule has 0 bridgehead atoms. The maximum absolute atomic E-state index is 12.5. The largest absolute Gasteiger partial charge is 0.497 e. The van der Waals surface area contributed by atoms with Gasteiger partial charge in [0.25, 0.3) is 5.91 Å². The number of hydrogen-bond acceptors (Lipinski definition) is 6. The van der Waals surface area contributed by atoms with Gasteiger partial charge in [0, 0.05) is 17.3 Å². The van der Waals surface area contributed by atoms with E-state index in [9.17, 15) is 13.2 Å². The van der Waals surface area contributed by atoms with Crippen molar-refractivity contribution in [3.63, 3.8) is 0 Å².